The Labute approximate surface area is 113 Å². The molecule has 1 atom stereocenters. The summed E-state index contributed by atoms with van der Waals surface area (Å²) in [7, 11) is 2.07. The minimum atomic E-state index is 0.618. The lowest BCUT2D eigenvalue weighted by molar-refractivity contribution is 0.399. The maximum absolute atomic E-state index is 6.36. The highest BCUT2D eigenvalue weighted by molar-refractivity contribution is 6.35. The summed E-state index contributed by atoms with van der Waals surface area (Å²) in [5.74, 6) is 0. The Morgan fingerprint density at radius 3 is 3.06 bits per heavy atom. The van der Waals surface area contributed by atoms with E-state index < -0.39 is 0 Å². The van der Waals surface area contributed by atoms with Gasteiger partial charge in [-0.25, -0.2) is 0 Å². The van der Waals surface area contributed by atoms with Gasteiger partial charge >= 0.3 is 0 Å². The number of hydrogen-bond acceptors (Lipinski definition) is 1. The molecule has 0 spiro atoms. The molecule has 1 saturated heterocycles. The van der Waals surface area contributed by atoms with Crippen LogP contribution in [0.4, 0.5) is 0 Å². The van der Waals surface area contributed by atoms with E-state index in [9.17, 15) is 0 Å². The van der Waals surface area contributed by atoms with Crippen LogP contribution in [0.15, 0.2) is 24.4 Å². The van der Waals surface area contributed by atoms with Crippen LogP contribution in [0.1, 0.15) is 24.8 Å². The molecule has 0 bridgehead atoms. The van der Waals surface area contributed by atoms with Gasteiger partial charge in [0.1, 0.15) is 0 Å². The van der Waals surface area contributed by atoms with Crippen molar-refractivity contribution in [1.82, 2.24) is 9.88 Å². The van der Waals surface area contributed by atoms with Gasteiger partial charge in [-0.05, 0) is 49.6 Å². The van der Waals surface area contributed by atoms with Crippen LogP contribution in [0.5, 0.6) is 0 Å². The van der Waals surface area contributed by atoms with Gasteiger partial charge in [0.2, 0.25) is 0 Å². The van der Waals surface area contributed by atoms with Crippen molar-refractivity contribution < 1.29 is 0 Å². The zero-order valence-electron chi connectivity index (χ0n) is 10.7. The monoisotopic (exact) mass is 262 g/mol. The number of nitrogens with zero attached hydrogens (tertiary/aromatic N) is 1. The molecule has 1 aliphatic rings. The Morgan fingerprint density at radius 2 is 2.28 bits per heavy atom. The molecule has 1 N–H and O–H groups in total. The Balaban J connectivity index is 1.89. The number of piperidine rings is 1. The first-order valence-electron chi connectivity index (χ1n) is 6.71. The average Bonchev–Trinajstić information content (AvgIpc) is 2.73. The zero-order valence-corrected chi connectivity index (χ0v) is 11.5. The smallest absolute Gasteiger partial charge is 0.0502 e. The lowest BCUT2D eigenvalue weighted by atomic mass is 9.97. The van der Waals surface area contributed by atoms with Gasteiger partial charge in [0.15, 0.2) is 0 Å². The summed E-state index contributed by atoms with van der Waals surface area (Å²) >= 11 is 6.36. The number of fused-ring (bicyclic) bond motifs is 1. The molecule has 0 radical (unpaired) electrons. The summed E-state index contributed by atoms with van der Waals surface area (Å²) in [5.41, 5.74) is 2.57. The summed E-state index contributed by atoms with van der Waals surface area (Å²) in [4.78, 5) is 0. The molecule has 3 heteroatoms. The van der Waals surface area contributed by atoms with Crippen LogP contribution >= 0.6 is 11.6 Å². The fraction of sp³-hybridized carbons (Fsp3) is 0.467. The van der Waals surface area contributed by atoms with E-state index in [-0.39, 0.29) is 0 Å². The predicted octanol–water partition coefficient (Wildman–Crippen LogP) is 3.52. The lowest BCUT2D eigenvalue weighted by Gasteiger charge is -2.23. The minimum absolute atomic E-state index is 0.618. The van der Waals surface area contributed by atoms with E-state index in [1.165, 1.54) is 30.3 Å². The first kappa shape index (κ1) is 12.1. The molecule has 2 aromatic rings. The Morgan fingerprint density at radius 1 is 1.39 bits per heavy atom. The maximum Gasteiger partial charge on any atom is 0.0502 e. The number of nitrogens with one attached hydrogen (secondary N) is 1. The molecule has 1 aromatic heterocycles. The predicted molar refractivity (Wildman–Crippen MR) is 77.3 cm³/mol. The van der Waals surface area contributed by atoms with Crippen LogP contribution in [-0.4, -0.2) is 17.2 Å². The van der Waals surface area contributed by atoms with Crippen molar-refractivity contribution >= 4 is 22.5 Å². The van der Waals surface area contributed by atoms with E-state index in [0.29, 0.717) is 6.04 Å². The Kier molecular flexibility index (Phi) is 3.31. The van der Waals surface area contributed by atoms with Crippen LogP contribution in [0.3, 0.4) is 0 Å². The largest absolute Gasteiger partial charge is 0.350 e. The second-order valence-electron chi connectivity index (χ2n) is 5.29. The van der Waals surface area contributed by atoms with Gasteiger partial charge in [-0.15, -0.1) is 0 Å². The van der Waals surface area contributed by atoms with Gasteiger partial charge in [0.05, 0.1) is 5.02 Å². The highest BCUT2D eigenvalue weighted by Gasteiger charge is 2.14. The molecule has 1 aliphatic heterocycles. The Hall–Kier alpha value is -0.990. The van der Waals surface area contributed by atoms with Crippen LogP contribution in [0, 0.1) is 0 Å². The maximum atomic E-state index is 6.36. The van der Waals surface area contributed by atoms with Gasteiger partial charge in [-0.1, -0.05) is 18.0 Å². The second-order valence-corrected chi connectivity index (χ2v) is 5.70. The van der Waals surface area contributed by atoms with E-state index in [0.717, 1.165) is 23.4 Å². The van der Waals surface area contributed by atoms with E-state index in [1.807, 2.05) is 0 Å². The molecule has 0 amide bonds. The molecule has 2 heterocycles. The molecule has 1 aromatic carbocycles. The fourth-order valence-electron chi connectivity index (χ4n) is 2.88. The van der Waals surface area contributed by atoms with Crippen molar-refractivity contribution in [2.24, 2.45) is 7.05 Å². The standard InChI is InChI=1S/C15H19ClN2/c1-18-7-5-13-14(16)9-11(10-15(13)18)8-12-4-2-3-6-17-12/h5,7,9-10,12,17H,2-4,6,8H2,1H3. The third-order valence-electron chi connectivity index (χ3n) is 3.91. The first-order chi connectivity index (χ1) is 8.74. The number of aryl methyl sites for hydroxylation is 1. The summed E-state index contributed by atoms with van der Waals surface area (Å²) in [5, 5.41) is 5.62. The van der Waals surface area contributed by atoms with Crippen molar-refractivity contribution in [3.8, 4) is 0 Å². The number of aromatic nitrogens is 1. The second kappa shape index (κ2) is 4.94. The van der Waals surface area contributed by atoms with E-state index in [2.05, 4.69) is 41.3 Å². The van der Waals surface area contributed by atoms with Crippen LogP contribution in [0.2, 0.25) is 5.02 Å². The average molecular weight is 263 g/mol. The van der Waals surface area contributed by atoms with Crippen LogP contribution in [-0.2, 0) is 13.5 Å². The summed E-state index contributed by atoms with van der Waals surface area (Å²) in [6.07, 6.45) is 7.09. The summed E-state index contributed by atoms with van der Waals surface area (Å²) < 4.78 is 2.14. The summed E-state index contributed by atoms with van der Waals surface area (Å²) in [6.45, 7) is 1.16. The zero-order chi connectivity index (χ0) is 12.5. The van der Waals surface area contributed by atoms with Crippen molar-refractivity contribution in [1.29, 1.82) is 0 Å². The third-order valence-corrected chi connectivity index (χ3v) is 4.22. The number of benzene rings is 1. The molecule has 3 rings (SSSR count). The molecule has 18 heavy (non-hydrogen) atoms. The third kappa shape index (κ3) is 2.27. The number of hydrogen-bond donors (Lipinski definition) is 1. The molecule has 1 unspecified atom stereocenters. The van der Waals surface area contributed by atoms with Gasteiger partial charge in [0.25, 0.3) is 0 Å². The highest BCUT2D eigenvalue weighted by atomic mass is 35.5. The SMILES string of the molecule is Cn1ccc2c(Cl)cc(CC3CCCCN3)cc21. The van der Waals surface area contributed by atoms with Crippen molar-refractivity contribution in [2.75, 3.05) is 6.54 Å². The quantitative estimate of drug-likeness (QED) is 0.876. The van der Waals surface area contributed by atoms with Crippen molar-refractivity contribution in [3.63, 3.8) is 0 Å². The van der Waals surface area contributed by atoms with Gasteiger partial charge < -0.3 is 9.88 Å². The topological polar surface area (TPSA) is 17.0 Å². The number of rotatable bonds is 2. The molecular weight excluding hydrogens is 244 g/mol. The lowest BCUT2D eigenvalue weighted by Crippen LogP contribution is -2.35. The van der Waals surface area contributed by atoms with Gasteiger partial charge in [0, 0.05) is 30.2 Å². The molecular formula is C15H19ClN2. The van der Waals surface area contributed by atoms with Gasteiger partial charge in [-0.3, -0.25) is 0 Å². The first-order valence-corrected chi connectivity index (χ1v) is 7.08. The van der Waals surface area contributed by atoms with E-state index >= 15 is 0 Å². The number of halogens is 1. The molecule has 2 nitrogen and oxygen atoms in total. The van der Waals surface area contributed by atoms with Crippen molar-refractivity contribution in [3.05, 3.63) is 35.0 Å². The van der Waals surface area contributed by atoms with Crippen molar-refractivity contribution in [2.45, 2.75) is 31.7 Å². The molecule has 0 aliphatic carbocycles. The van der Waals surface area contributed by atoms with Gasteiger partial charge in [-0.2, -0.15) is 0 Å². The van der Waals surface area contributed by atoms with E-state index in [1.54, 1.807) is 0 Å². The van der Waals surface area contributed by atoms with Crippen LogP contribution < -0.4 is 5.32 Å². The highest BCUT2D eigenvalue weighted by Crippen LogP contribution is 2.27. The molecule has 96 valence electrons. The fourth-order valence-corrected chi connectivity index (χ4v) is 3.18. The molecule has 1 fully saturated rings. The van der Waals surface area contributed by atoms with Crippen LogP contribution in [0.25, 0.3) is 10.9 Å². The summed E-state index contributed by atoms with van der Waals surface area (Å²) in [6, 6.07) is 7.10. The van der Waals surface area contributed by atoms with E-state index in [4.69, 9.17) is 11.6 Å². The molecule has 0 saturated carbocycles. The Bertz CT molecular complexity index is 553. The minimum Gasteiger partial charge on any atom is -0.350 e. The normalized spacial score (nSPS) is 20.4.